The molecule has 10 nitrogen and oxygen atoms in total. The van der Waals surface area contributed by atoms with Gasteiger partial charge in [0.05, 0.1) is 55.5 Å². The highest BCUT2D eigenvalue weighted by Gasteiger charge is 2.19. The third-order valence-electron chi connectivity index (χ3n) is 5.70. The molecule has 192 valence electrons. The molecule has 1 amide bonds. The number of nitrogens with zero attached hydrogens (tertiary/aromatic N) is 5. The van der Waals surface area contributed by atoms with Crippen LogP contribution in [0.25, 0.3) is 5.69 Å². The molecule has 0 atom stereocenters. The first-order valence-electron chi connectivity index (χ1n) is 11.8. The zero-order valence-electron chi connectivity index (χ0n) is 21.3. The van der Waals surface area contributed by atoms with Crippen LogP contribution in [0.2, 0.25) is 0 Å². The van der Waals surface area contributed by atoms with Crippen LogP contribution < -0.4 is 20.3 Å². The minimum Gasteiger partial charge on any atom is -0.492 e. The van der Waals surface area contributed by atoms with Gasteiger partial charge in [-0.25, -0.2) is 9.07 Å². The van der Waals surface area contributed by atoms with Gasteiger partial charge < -0.3 is 25.0 Å². The Morgan fingerprint density at radius 2 is 1.97 bits per heavy atom. The third kappa shape index (κ3) is 5.91. The predicted octanol–water partition coefficient (Wildman–Crippen LogP) is 3.47. The van der Waals surface area contributed by atoms with Crippen molar-refractivity contribution in [1.29, 1.82) is 0 Å². The Labute approximate surface area is 209 Å². The third-order valence-corrected chi connectivity index (χ3v) is 5.70. The van der Waals surface area contributed by atoms with Crippen molar-refractivity contribution < 1.29 is 18.7 Å². The van der Waals surface area contributed by atoms with Gasteiger partial charge in [0.15, 0.2) is 17.3 Å². The molecule has 0 unspecified atom stereocenters. The van der Waals surface area contributed by atoms with Gasteiger partial charge in [-0.2, -0.15) is 0 Å². The number of anilines is 3. The molecule has 0 spiro atoms. The van der Waals surface area contributed by atoms with Crippen LogP contribution in [0.4, 0.5) is 21.5 Å². The summed E-state index contributed by atoms with van der Waals surface area (Å²) in [5.41, 5.74) is 3.28. The lowest BCUT2D eigenvalue weighted by Gasteiger charge is -2.29. The van der Waals surface area contributed by atoms with Gasteiger partial charge in [-0.3, -0.25) is 9.78 Å². The average Bonchev–Trinajstić information content (AvgIpc) is 3.34. The van der Waals surface area contributed by atoms with Crippen molar-refractivity contribution in [2.24, 2.45) is 5.41 Å². The number of carbonyl (C=O) groups excluding carboxylic acids is 1. The van der Waals surface area contributed by atoms with Gasteiger partial charge in [-0.05, 0) is 24.5 Å². The monoisotopic (exact) mass is 497 g/mol. The lowest BCUT2D eigenvalue weighted by molar-refractivity contribution is 0.0934. The molecule has 0 saturated carbocycles. The molecule has 0 bridgehead atoms. The number of ether oxygens (including phenoxy) is 2. The minimum absolute atomic E-state index is 0.0498. The summed E-state index contributed by atoms with van der Waals surface area (Å²) in [6.07, 6.45) is 3.20. The highest BCUT2D eigenvalue weighted by Crippen LogP contribution is 2.35. The number of amides is 1. The van der Waals surface area contributed by atoms with E-state index in [1.165, 1.54) is 17.9 Å². The summed E-state index contributed by atoms with van der Waals surface area (Å²) in [6.45, 7) is 11.0. The van der Waals surface area contributed by atoms with Gasteiger partial charge in [0.1, 0.15) is 0 Å². The Hall–Kier alpha value is -3.73. The maximum atomic E-state index is 14.9. The number of hydrogen-bond acceptors (Lipinski definition) is 8. The molecule has 0 radical (unpaired) electrons. The van der Waals surface area contributed by atoms with Crippen LogP contribution in [0.15, 0.2) is 30.6 Å². The molecule has 4 rings (SSSR count). The van der Waals surface area contributed by atoms with Gasteiger partial charge in [-0.1, -0.05) is 26.0 Å². The van der Waals surface area contributed by atoms with Crippen molar-refractivity contribution in [1.82, 2.24) is 25.3 Å². The number of hydrogen-bond donors (Lipinski definition) is 2. The molecule has 11 heteroatoms. The van der Waals surface area contributed by atoms with E-state index in [2.05, 4.69) is 30.8 Å². The molecule has 1 aliphatic rings. The van der Waals surface area contributed by atoms with Crippen molar-refractivity contribution >= 4 is 23.0 Å². The molecular weight excluding hydrogens is 465 g/mol. The fraction of sp³-hybridized carbons (Fsp3) is 0.440. The molecule has 1 saturated heterocycles. The van der Waals surface area contributed by atoms with Crippen LogP contribution in [0.3, 0.4) is 0 Å². The Kier molecular flexibility index (Phi) is 7.39. The molecule has 1 aromatic carbocycles. The number of carbonyl (C=O) groups is 1. The van der Waals surface area contributed by atoms with Gasteiger partial charge >= 0.3 is 0 Å². The van der Waals surface area contributed by atoms with Crippen LogP contribution in [-0.2, 0) is 4.74 Å². The normalized spacial score (nSPS) is 14.0. The quantitative estimate of drug-likeness (QED) is 0.511. The molecule has 1 aliphatic heterocycles. The molecule has 1 fully saturated rings. The smallest absolute Gasteiger partial charge is 0.273 e. The maximum Gasteiger partial charge on any atom is 0.273 e. The fourth-order valence-electron chi connectivity index (χ4n) is 3.78. The summed E-state index contributed by atoms with van der Waals surface area (Å²) in [6, 6.07) is 5.13. The SMILES string of the molecule is COc1c(F)cc(N2CCOCC2)cc1Nc1cnc(C)c(-n2cc(C(=O)NCC(C)(C)C)nn2)c1. The number of pyridine rings is 1. The maximum absolute atomic E-state index is 14.9. The van der Waals surface area contributed by atoms with Crippen LogP contribution in [0.5, 0.6) is 5.75 Å². The first-order valence-corrected chi connectivity index (χ1v) is 11.8. The highest BCUT2D eigenvalue weighted by molar-refractivity contribution is 5.92. The number of methoxy groups -OCH3 is 1. The summed E-state index contributed by atoms with van der Waals surface area (Å²) in [7, 11) is 1.43. The van der Waals surface area contributed by atoms with E-state index in [4.69, 9.17) is 9.47 Å². The highest BCUT2D eigenvalue weighted by atomic mass is 19.1. The Balaban J connectivity index is 1.59. The zero-order valence-corrected chi connectivity index (χ0v) is 21.3. The second-order valence-electron chi connectivity index (χ2n) is 9.85. The van der Waals surface area contributed by atoms with E-state index in [1.807, 2.05) is 39.8 Å². The Morgan fingerprint density at radius 1 is 1.22 bits per heavy atom. The van der Waals surface area contributed by atoms with E-state index in [1.54, 1.807) is 12.4 Å². The van der Waals surface area contributed by atoms with Gasteiger partial charge in [-0.15, -0.1) is 5.10 Å². The molecule has 2 aromatic heterocycles. The van der Waals surface area contributed by atoms with E-state index in [0.29, 0.717) is 55.6 Å². The zero-order chi connectivity index (χ0) is 25.9. The van der Waals surface area contributed by atoms with Crippen molar-refractivity contribution in [3.63, 3.8) is 0 Å². The molecule has 2 N–H and O–H groups in total. The van der Waals surface area contributed by atoms with Crippen molar-refractivity contribution in [3.05, 3.63) is 47.8 Å². The second-order valence-corrected chi connectivity index (χ2v) is 9.85. The molecule has 3 aromatic rings. The van der Waals surface area contributed by atoms with Gasteiger partial charge in [0.25, 0.3) is 5.91 Å². The molecule has 36 heavy (non-hydrogen) atoms. The average molecular weight is 498 g/mol. The summed E-state index contributed by atoms with van der Waals surface area (Å²) >= 11 is 0. The first-order chi connectivity index (χ1) is 17.1. The number of aryl methyl sites for hydroxylation is 1. The van der Waals surface area contributed by atoms with Gasteiger partial charge in [0, 0.05) is 31.4 Å². The summed E-state index contributed by atoms with van der Waals surface area (Å²) < 4.78 is 27.1. The summed E-state index contributed by atoms with van der Waals surface area (Å²) in [5, 5.41) is 14.2. The van der Waals surface area contributed by atoms with E-state index >= 15 is 0 Å². The number of morpholine rings is 1. The van der Waals surface area contributed by atoms with Crippen molar-refractivity contribution in [3.8, 4) is 11.4 Å². The van der Waals surface area contributed by atoms with Crippen molar-refractivity contribution in [2.45, 2.75) is 27.7 Å². The van der Waals surface area contributed by atoms with Crippen LogP contribution in [0, 0.1) is 18.2 Å². The van der Waals surface area contributed by atoms with Crippen molar-refractivity contribution in [2.75, 3.05) is 50.2 Å². The number of nitrogens with one attached hydrogen (secondary N) is 2. The lowest BCUT2D eigenvalue weighted by Crippen LogP contribution is -2.36. The predicted molar refractivity (Wildman–Crippen MR) is 135 cm³/mol. The topological polar surface area (TPSA) is 106 Å². The van der Waals surface area contributed by atoms with Crippen LogP contribution in [-0.4, -0.2) is 65.8 Å². The molecule has 3 heterocycles. The number of halogens is 1. The van der Waals surface area contributed by atoms with E-state index < -0.39 is 5.82 Å². The summed E-state index contributed by atoms with van der Waals surface area (Å²) in [4.78, 5) is 19.0. The number of aromatic nitrogens is 4. The minimum atomic E-state index is -0.466. The fourth-order valence-corrected chi connectivity index (χ4v) is 3.78. The van der Waals surface area contributed by atoms with Gasteiger partial charge in [0.2, 0.25) is 0 Å². The lowest BCUT2D eigenvalue weighted by atomic mass is 9.97. The number of benzene rings is 1. The van der Waals surface area contributed by atoms with Crippen LogP contribution >= 0.6 is 0 Å². The standard InChI is InChI=1S/C25H32FN7O3/c1-16-22(33-14-21(30-31-33)24(34)28-15-25(2,3)4)10-17(13-27-16)29-20-12-18(11-19(26)23(20)35-5)32-6-8-36-9-7-32/h10-14,29H,6-9,15H2,1-5H3,(H,28,34). The van der Waals surface area contributed by atoms with E-state index in [0.717, 1.165) is 5.69 Å². The molecular formula is C25H32FN7O3. The first kappa shape index (κ1) is 25.4. The summed E-state index contributed by atoms with van der Waals surface area (Å²) in [5.74, 6) is -0.657. The number of rotatable bonds is 7. The van der Waals surface area contributed by atoms with E-state index in [-0.39, 0.29) is 22.8 Å². The molecule has 0 aliphatic carbocycles. The van der Waals surface area contributed by atoms with Crippen LogP contribution in [0.1, 0.15) is 37.0 Å². The second kappa shape index (κ2) is 10.5. The van der Waals surface area contributed by atoms with E-state index in [9.17, 15) is 9.18 Å². The Morgan fingerprint density at radius 3 is 2.67 bits per heavy atom. The largest absolute Gasteiger partial charge is 0.492 e. The Bertz CT molecular complexity index is 1230.